The molecule has 0 amide bonds. The summed E-state index contributed by atoms with van der Waals surface area (Å²) in [6, 6.07) is 8.07. The standard InChI is InChI=1S/C9H13OP/c1-7(11)8-5-3-4-6-9(8)10-2/h3-7H,11H2,1-2H3. The lowest BCUT2D eigenvalue weighted by atomic mass is 10.1. The molecule has 0 heterocycles. The van der Waals surface area contributed by atoms with Crippen molar-refractivity contribution in [3.8, 4) is 5.75 Å². The van der Waals surface area contributed by atoms with Crippen LogP contribution in [0.25, 0.3) is 0 Å². The van der Waals surface area contributed by atoms with Crippen molar-refractivity contribution in [3.63, 3.8) is 0 Å². The van der Waals surface area contributed by atoms with Gasteiger partial charge in [0.1, 0.15) is 5.75 Å². The summed E-state index contributed by atoms with van der Waals surface area (Å²) in [7, 11) is 4.46. The molecular weight excluding hydrogens is 155 g/mol. The Morgan fingerprint density at radius 3 is 2.45 bits per heavy atom. The molecule has 0 saturated carbocycles. The Balaban J connectivity index is 3.02. The van der Waals surface area contributed by atoms with Crippen LogP contribution in [-0.4, -0.2) is 7.11 Å². The minimum atomic E-state index is 0.450. The Labute approximate surface area is 70.0 Å². The molecule has 0 aliphatic heterocycles. The van der Waals surface area contributed by atoms with Gasteiger partial charge in [0.05, 0.1) is 7.11 Å². The Bertz CT molecular complexity index is 233. The van der Waals surface area contributed by atoms with E-state index in [1.807, 2.05) is 18.2 Å². The van der Waals surface area contributed by atoms with Crippen LogP contribution in [0.1, 0.15) is 18.1 Å². The maximum Gasteiger partial charge on any atom is 0.122 e. The molecule has 0 N–H and O–H groups in total. The molecule has 2 atom stereocenters. The van der Waals surface area contributed by atoms with Crippen LogP contribution in [0.3, 0.4) is 0 Å². The zero-order valence-electron chi connectivity index (χ0n) is 6.87. The van der Waals surface area contributed by atoms with Gasteiger partial charge >= 0.3 is 0 Å². The van der Waals surface area contributed by atoms with Crippen LogP contribution in [-0.2, 0) is 0 Å². The van der Waals surface area contributed by atoms with E-state index in [2.05, 4.69) is 22.2 Å². The second kappa shape index (κ2) is 3.73. The Kier molecular flexibility index (Phi) is 2.90. The van der Waals surface area contributed by atoms with Crippen molar-refractivity contribution in [1.29, 1.82) is 0 Å². The normalized spacial score (nSPS) is 12.6. The third kappa shape index (κ3) is 1.94. The van der Waals surface area contributed by atoms with E-state index in [1.165, 1.54) is 5.56 Å². The van der Waals surface area contributed by atoms with Gasteiger partial charge in [-0.15, -0.1) is 9.24 Å². The van der Waals surface area contributed by atoms with Gasteiger partial charge in [0.2, 0.25) is 0 Å². The number of hydrogen-bond acceptors (Lipinski definition) is 1. The average molecular weight is 168 g/mol. The molecule has 60 valence electrons. The minimum Gasteiger partial charge on any atom is -0.496 e. The maximum atomic E-state index is 5.19. The molecule has 1 rings (SSSR count). The van der Waals surface area contributed by atoms with Crippen molar-refractivity contribution in [2.75, 3.05) is 7.11 Å². The van der Waals surface area contributed by atoms with Crippen LogP contribution in [0.2, 0.25) is 0 Å². The molecule has 0 fully saturated rings. The molecule has 2 heteroatoms. The second-order valence-corrected chi connectivity index (χ2v) is 3.53. The highest BCUT2D eigenvalue weighted by Gasteiger charge is 2.04. The first-order valence-corrected chi connectivity index (χ1v) is 4.31. The van der Waals surface area contributed by atoms with E-state index in [0.717, 1.165) is 5.75 Å². The number of hydrogen-bond donors (Lipinski definition) is 0. The van der Waals surface area contributed by atoms with Crippen molar-refractivity contribution in [1.82, 2.24) is 0 Å². The van der Waals surface area contributed by atoms with Crippen LogP contribution < -0.4 is 4.74 Å². The Hall–Kier alpha value is -0.550. The first-order chi connectivity index (χ1) is 5.25. The number of para-hydroxylation sites is 1. The lowest BCUT2D eigenvalue weighted by Crippen LogP contribution is -1.90. The van der Waals surface area contributed by atoms with Crippen LogP contribution in [0, 0.1) is 0 Å². The summed E-state index contributed by atoms with van der Waals surface area (Å²) in [5.41, 5.74) is 1.69. The van der Waals surface area contributed by atoms with Crippen molar-refractivity contribution in [2.24, 2.45) is 0 Å². The molecule has 0 radical (unpaired) electrons. The summed E-state index contributed by atoms with van der Waals surface area (Å²) in [6.45, 7) is 2.13. The average Bonchev–Trinajstić information content (AvgIpc) is 2.04. The molecule has 2 unspecified atom stereocenters. The van der Waals surface area contributed by atoms with E-state index in [4.69, 9.17) is 4.74 Å². The number of rotatable bonds is 2. The fourth-order valence-electron chi connectivity index (χ4n) is 1.04. The van der Waals surface area contributed by atoms with E-state index in [-0.39, 0.29) is 0 Å². The van der Waals surface area contributed by atoms with E-state index in [1.54, 1.807) is 7.11 Å². The van der Waals surface area contributed by atoms with Crippen molar-refractivity contribution < 1.29 is 4.74 Å². The third-order valence-corrected chi connectivity index (χ3v) is 1.99. The third-order valence-electron chi connectivity index (χ3n) is 1.63. The van der Waals surface area contributed by atoms with Gasteiger partial charge in [-0.3, -0.25) is 0 Å². The summed E-state index contributed by atoms with van der Waals surface area (Å²) in [5.74, 6) is 0.968. The quantitative estimate of drug-likeness (QED) is 0.617. The van der Waals surface area contributed by atoms with Crippen LogP contribution in [0.15, 0.2) is 24.3 Å². The first-order valence-electron chi connectivity index (χ1n) is 3.64. The minimum absolute atomic E-state index is 0.450. The van der Waals surface area contributed by atoms with Crippen molar-refractivity contribution in [3.05, 3.63) is 29.8 Å². The van der Waals surface area contributed by atoms with Gasteiger partial charge in [-0.2, -0.15) is 0 Å². The summed E-state index contributed by atoms with van der Waals surface area (Å²) >= 11 is 0. The summed E-state index contributed by atoms with van der Waals surface area (Å²) in [5, 5.41) is 0. The predicted molar refractivity (Wildman–Crippen MR) is 51.1 cm³/mol. The SMILES string of the molecule is COc1ccccc1C(C)P. The molecule has 0 aliphatic rings. The van der Waals surface area contributed by atoms with Crippen LogP contribution in [0.5, 0.6) is 5.75 Å². The van der Waals surface area contributed by atoms with Gasteiger partial charge < -0.3 is 4.74 Å². The van der Waals surface area contributed by atoms with Gasteiger partial charge in [-0.25, -0.2) is 0 Å². The molecule has 0 bridgehead atoms. The zero-order valence-corrected chi connectivity index (χ0v) is 8.03. The molecule has 0 saturated heterocycles. The molecular formula is C9H13OP. The van der Waals surface area contributed by atoms with Gasteiger partial charge in [0.15, 0.2) is 0 Å². The highest BCUT2D eigenvalue weighted by atomic mass is 31.0. The van der Waals surface area contributed by atoms with Crippen molar-refractivity contribution >= 4 is 9.24 Å². The fraction of sp³-hybridized carbons (Fsp3) is 0.333. The lowest BCUT2D eigenvalue weighted by molar-refractivity contribution is 0.410. The fourth-order valence-corrected chi connectivity index (χ4v) is 1.32. The highest BCUT2D eigenvalue weighted by Crippen LogP contribution is 2.29. The topological polar surface area (TPSA) is 9.23 Å². The first kappa shape index (κ1) is 8.55. The van der Waals surface area contributed by atoms with Gasteiger partial charge in [0, 0.05) is 5.56 Å². The smallest absolute Gasteiger partial charge is 0.122 e. The summed E-state index contributed by atoms with van der Waals surface area (Å²) < 4.78 is 5.19. The summed E-state index contributed by atoms with van der Waals surface area (Å²) in [4.78, 5) is 0. The second-order valence-electron chi connectivity index (χ2n) is 2.53. The van der Waals surface area contributed by atoms with Crippen molar-refractivity contribution in [2.45, 2.75) is 12.6 Å². The summed E-state index contributed by atoms with van der Waals surface area (Å²) in [6.07, 6.45) is 0. The monoisotopic (exact) mass is 168 g/mol. The lowest BCUT2D eigenvalue weighted by Gasteiger charge is -2.09. The molecule has 1 aromatic rings. The Morgan fingerprint density at radius 2 is 2.00 bits per heavy atom. The molecule has 0 spiro atoms. The van der Waals surface area contributed by atoms with Gasteiger partial charge in [-0.05, 0) is 11.7 Å². The largest absolute Gasteiger partial charge is 0.496 e. The molecule has 1 aromatic carbocycles. The van der Waals surface area contributed by atoms with E-state index in [0.29, 0.717) is 5.66 Å². The van der Waals surface area contributed by atoms with Crippen LogP contribution >= 0.6 is 9.24 Å². The molecule has 0 aromatic heterocycles. The maximum absolute atomic E-state index is 5.19. The predicted octanol–water partition coefficient (Wildman–Crippen LogP) is 2.63. The number of methoxy groups -OCH3 is 1. The van der Waals surface area contributed by atoms with E-state index < -0.39 is 0 Å². The molecule has 11 heavy (non-hydrogen) atoms. The highest BCUT2D eigenvalue weighted by molar-refractivity contribution is 7.17. The van der Waals surface area contributed by atoms with E-state index >= 15 is 0 Å². The van der Waals surface area contributed by atoms with Crippen LogP contribution in [0.4, 0.5) is 0 Å². The van der Waals surface area contributed by atoms with Gasteiger partial charge in [0.25, 0.3) is 0 Å². The van der Waals surface area contributed by atoms with E-state index in [9.17, 15) is 0 Å². The molecule has 1 nitrogen and oxygen atoms in total. The zero-order chi connectivity index (χ0) is 8.27. The number of benzene rings is 1. The van der Waals surface area contributed by atoms with Gasteiger partial charge in [-0.1, -0.05) is 25.1 Å². The Morgan fingerprint density at radius 1 is 1.36 bits per heavy atom. The molecule has 0 aliphatic carbocycles. The number of ether oxygens (including phenoxy) is 1.